The minimum Gasteiger partial charge on any atom is -0.352 e. The van der Waals surface area contributed by atoms with E-state index in [0.29, 0.717) is 13.6 Å². The molecule has 0 aliphatic carbocycles. The minimum atomic E-state index is 0.214. The van der Waals surface area contributed by atoms with E-state index in [-0.39, 0.29) is 12.2 Å². The second kappa shape index (κ2) is 26.6. The second-order valence-electron chi connectivity index (χ2n) is 8.28. The van der Waals surface area contributed by atoms with E-state index in [1.54, 1.807) is 0 Å². The maximum absolute atomic E-state index is 5.70. The van der Waals surface area contributed by atoms with Crippen LogP contribution in [0.5, 0.6) is 0 Å². The molecule has 0 aromatic heterocycles. The van der Waals surface area contributed by atoms with Crippen molar-refractivity contribution in [3.8, 4) is 0 Å². The third-order valence-electron chi connectivity index (χ3n) is 5.19. The number of hydrogen-bond acceptors (Lipinski definition) is 3. The molecule has 0 saturated carbocycles. The highest BCUT2D eigenvalue weighted by Gasteiger charge is 2.03. The Hall–Kier alpha value is 0.320. The fourth-order valence-electron chi connectivity index (χ4n) is 3.08. The molecule has 184 valence electrons. The second-order valence-corrected chi connectivity index (χ2v) is 9.86. The molecule has 2 atom stereocenters. The van der Waals surface area contributed by atoms with Gasteiger partial charge in [-0.2, -0.15) is 0 Å². The molecule has 0 fully saturated rings. The lowest BCUT2D eigenvalue weighted by molar-refractivity contribution is -0.160. The first kappa shape index (κ1) is 31.3. The summed E-state index contributed by atoms with van der Waals surface area (Å²) in [7, 11) is 0. The zero-order valence-corrected chi connectivity index (χ0v) is 23.3. The van der Waals surface area contributed by atoms with Crippen LogP contribution >= 0.6 is 31.9 Å². The van der Waals surface area contributed by atoms with Gasteiger partial charge in [-0.3, -0.25) is 0 Å². The van der Waals surface area contributed by atoms with Crippen molar-refractivity contribution in [3.63, 3.8) is 0 Å². The van der Waals surface area contributed by atoms with Crippen LogP contribution in [-0.4, -0.2) is 36.5 Å². The molecule has 0 aromatic rings. The monoisotopic (exact) mass is 566 g/mol. The standard InChI is InChI=1S/C26H48Br2O3/c1-25(19-15-11-7-3-5-9-13-17-21-27)30-23-29-24-31-26(2)20-16-12-8-4-6-10-14-18-22-28/h7-8,11-12,25-26H,3-6,9-10,13-24H2,1-2H3. The highest BCUT2D eigenvalue weighted by molar-refractivity contribution is 9.09. The summed E-state index contributed by atoms with van der Waals surface area (Å²) in [5.74, 6) is 0. The molecule has 0 saturated heterocycles. The van der Waals surface area contributed by atoms with E-state index in [9.17, 15) is 0 Å². The number of unbranched alkanes of at least 4 members (excludes halogenated alkanes) is 8. The number of halogens is 2. The molecular formula is C26H48Br2O3. The molecular weight excluding hydrogens is 520 g/mol. The third-order valence-corrected chi connectivity index (χ3v) is 6.32. The summed E-state index contributed by atoms with van der Waals surface area (Å²) in [4.78, 5) is 0. The first-order valence-corrected chi connectivity index (χ1v) is 14.7. The molecule has 0 heterocycles. The molecule has 0 aromatic carbocycles. The van der Waals surface area contributed by atoms with Crippen LogP contribution in [-0.2, 0) is 14.2 Å². The maximum atomic E-state index is 5.70. The van der Waals surface area contributed by atoms with Crippen molar-refractivity contribution in [1.82, 2.24) is 0 Å². The molecule has 0 bridgehead atoms. The highest BCUT2D eigenvalue weighted by atomic mass is 79.9. The average Bonchev–Trinajstić information content (AvgIpc) is 2.76. The Labute approximate surface area is 210 Å². The van der Waals surface area contributed by atoms with E-state index >= 15 is 0 Å². The Bertz CT molecular complexity index is 366. The summed E-state index contributed by atoms with van der Waals surface area (Å²) in [6.07, 6.45) is 26.8. The maximum Gasteiger partial charge on any atom is 0.149 e. The summed E-state index contributed by atoms with van der Waals surface area (Å²) in [5, 5.41) is 2.26. The quantitative estimate of drug-likeness (QED) is 0.0503. The molecule has 0 radical (unpaired) electrons. The normalized spacial score (nSPS) is 14.1. The Balaban J connectivity index is 3.40. The van der Waals surface area contributed by atoms with E-state index < -0.39 is 0 Å². The van der Waals surface area contributed by atoms with Gasteiger partial charge in [0.15, 0.2) is 0 Å². The van der Waals surface area contributed by atoms with Gasteiger partial charge in [-0.15, -0.1) is 0 Å². The summed E-state index contributed by atoms with van der Waals surface area (Å²) < 4.78 is 16.9. The van der Waals surface area contributed by atoms with Crippen LogP contribution in [0.25, 0.3) is 0 Å². The Morgan fingerprint density at radius 3 is 1.35 bits per heavy atom. The van der Waals surface area contributed by atoms with Crippen LogP contribution in [0.15, 0.2) is 24.3 Å². The van der Waals surface area contributed by atoms with Gasteiger partial charge in [0.25, 0.3) is 0 Å². The topological polar surface area (TPSA) is 27.7 Å². The molecule has 0 aliphatic heterocycles. The molecule has 5 heteroatoms. The SMILES string of the molecule is CC(CCC=CCCCCCCBr)OCOCOC(C)CCC=CCCCCCCBr. The van der Waals surface area contributed by atoms with Gasteiger partial charge in [0.05, 0.1) is 12.2 Å². The van der Waals surface area contributed by atoms with E-state index in [0.717, 1.165) is 36.3 Å². The number of alkyl halides is 2. The van der Waals surface area contributed by atoms with Crippen LogP contribution in [0.4, 0.5) is 0 Å². The van der Waals surface area contributed by atoms with Crippen molar-refractivity contribution in [2.75, 3.05) is 24.2 Å². The van der Waals surface area contributed by atoms with Crippen molar-refractivity contribution >= 4 is 31.9 Å². The van der Waals surface area contributed by atoms with Gasteiger partial charge in [0, 0.05) is 10.7 Å². The van der Waals surface area contributed by atoms with Gasteiger partial charge in [-0.05, 0) is 78.1 Å². The van der Waals surface area contributed by atoms with Gasteiger partial charge in [0.2, 0.25) is 0 Å². The predicted octanol–water partition coefficient (Wildman–Crippen LogP) is 9.09. The molecule has 2 unspecified atom stereocenters. The van der Waals surface area contributed by atoms with Crippen molar-refractivity contribution in [3.05, 3.63) is 24.3 Å². The largest absolute Gasteiger partial charge is 0.352 e. The van der Waals surface area contributed by atoms with Crippen LogP contribution in [0, 0.1) is 0 Å². The average molecular weight is 568 g/mol. The Kier molecular flexibility index (Phi) is 26.8. The van der Waals surface area contributed by atoms with Crippen molar-refractivity contribution < 1.29 is 14.2 Å². The van der Waals surface area contributed by atoms with Crippen LogP contribution in [0.2, 0.25) is 0 Å². The molecule has 31 heavy (non-hydrogen) atoms. The van der Waals surface area contributed by atoms with E-state index in [4.69, 9.17) is 14.2 Å². The third kappa shape index (κ3) is 26.5. The Morgan fingerprint density at radius 2 is 0.935 bits per heavy atom. The zero-order chi connectivity index (χ0) is 22.8. The zero-order valence-electron chi connectivity index (χ0n) is 20.2. The van der Waals surface area contributed by atoms with E-state index in [1.165, 1.54) is 64.2 Å². The van der Waals surface area contributed by atoms with E-state index in [1.807, 2.05) is 0 Å². The summed E-state index contributed by atoms with van der Waals surface area (Å²) >= 11 is 6.95. The first-order valence-electron chi connectivity index (χ1n) is 12.4. The van der Waals surface area contributed by atoms with Crippen molar-refractivity contribution in [1.29, 1.82) is 0 Å². The van der Waals surface area contributed by atoms with Gasteiger partial charge < -0.3 is 14.2 Å². The molecule has 0 amide bonds. The molecule has 0 N–H and O–H groups in total. The minimum absolute atomic E-state index is 0.214. The van der Waals surface area contributed by atoms with E-state index in [2.05, 4.69) is 70.0 Å². The summed E-state index contributed by atoms with van der Waals surface area (Å²) in [6.45, 7) is 4.82. The lowest BCUT2D eigenvalue weighted by atomic mass is 10.1. The number of ether oxygens (including phenoxy) is 3. The van der Waals surface area contributed by atoms with Crippen LogP contribution < -0.4 is 0 Å². The highest BCUT2D eigenvalue weighted by Crippen LogP contribution is 2.09. The molecule has 0 spiro atoms. The lowest BCUT2D eigenvalue weighted by Gasteiger charge is -2.14. The summed E-state index contributed by atoms with van der Waals surface area (Å²) in [6, 6.07) is 0. The van der Waals surface area contributed by atoms with Gasteiger partial charge in [-0.1, -0.05) is 81.8 Å². The first-order chi connectivity index (χ1) is 15.2. The van der Waals surface area contributed by atoms with Crippen LogP contribution in [0.3, 0.4) is 0 Å². The smallest absolute Gasteiger partial charge is 0.149 e. The van der Waals surface area contributed by atoms with Crippen molar-refractivity contribution in [2.24, 2.45) is 0 Å². The fraction of sp³-hybridized carbons (Fsp3) is 0.846. The van der Waals surface area contributed by atoms with Crippen molar-refractivity contribution in [2.45, 2.75) is 116 Å². The predicted molar refractivity (Wildman–Crippen MR) is 142 cm³/mol. The lowest BCUT2D eigenvalue weighted by Crippen LogP contribution is -2.15. The Morgan fingerprint density at radius 1 is 0.548 bits per heavy atom. The van der Waals surface area contributed by atoms with Gasteiger partial charge >= 0.3 is 0 Å². The molecule has 0 rings (SSSR count). The van der Waals surface area contributed by atoms with Gasteiger partial charge in [0.1, 0.15) is 13.6 Å². The molecule has 0 aliphatic rings. The number of hydrogen-bond donors (Lipinski definition) is 0. The van der Waals surface area contributed by atoms with Gasteiger partial charge in [-0.25, -0.2) is 0 Å². The number of rotatable bonds is 24. The molecule has 3 nitrogen and oxygen atoms in total. The van der Waals surface area contributed by atoms with Crippen LogP contribution in [0.1, 0.15) is 104 Å². The number of allylic oxidation sites excluding steroid dienone is 4. The fourth-order valence-corrected chi connectivity index (χ4v) is 3.88. The summed E-state index contributed by atoms with van der Waals surface area (Å²) in [5.41, 5.74) is 0.